The molecule has 0 aliphatic rings. The van der Waals surface area contributed by atoms with Gasteiger partial charge in [-0.1, -0.05) is 12.1 Å². The number of nitrogen functional groups attached to an aromatic ring is 1. The molecule has 134 valence electrons. The minimum Gasteiger partial charge on any atom is -0.368 e. The summed E-state index contributed by atoms with van der Waals surface area (Å²) in [7, 11) is 2.02. The zero-order valence-electron chi connectivity index (χ0n) is 14.6. The Morgan fingerprint density at radius 3 is 2.35 bits per heavy atom. The van der Waals surface area contributed by atoms with Crippen LogP contribution in [0.5, 0.6) is 0 Å². The van der Waals surface area contributed by atoms with Crippen LogP contribution < -0.4 is 11.1 Å². The standard InChI is InChI=1S/C18H20N6OS/c1-12-7-22-18(26-12)23-16(25)15-5-3-13(4-6-15)10-24(2)11-14-8-20-17(19)21-9-14/h3-9H,10-11H2,1-2H3,(H2,19,20,21)(H,22,23,25). The first kappa shape index (κ1) is 18.0. The number of amides is 1. The van der Waals surface area contributed by atoms with E-state index < -0.39 is 0 Å². The van der Waals surface area contributed by atoms with Crippen LogP contribution in [0.2, 0.25) is 0 Å². The zero-order chi connectivity index (χ0) is 18.5. The maximum atomic E-state index is 12.2. The first-order chi connectivity index (χ1) is 12.5. The van der Waals surface area contributed by atoms with E-state index in [0.29, 0.717) is 17.2 Å². The molecule has 3 rings (SSSR count). The van der Waals surface area contributed by atoms with Gasteiger partial charge >= 0.3 is 0 Å². The average molecular weight is 368 g/mol. The van der Waals surface area contributed by atoms with Crippen LogP contribution in [0.15, 0.2) is 42.9 Å². The van der Waals surface area contributed by atoms with Crippen LogP contribution >= 0.6 is 11.3 Å². The van der Waals surface area contributed by atoms with Gasteiger partial charge in [-0.05, 0) is 31.7 Å². The number of carbonyl (C=O) groups is 1. The van der Waals surface area contributed by atoms with E-state index in [2.05, 4.69) is 25.2 Å². The highest BCUT2D eigenvalue weighted by Crippen LogP contribution is 2.18. The Kier molecular flexibility index (Phi) is 5.55. The van der Waals surface area contributed by atoms with Crippen molar-refractivity contribution >= 4 is 28.3 Å². The molecule has 3 aromatic rings. The van der Waals surface area contributed by atoms with Gasteiger partial charge in [-0.2, -0.15) is 0 Å². The molecule has 2 heterocycles. The number of anilines is 2. The van der Waals surface area contributed by atoms with E-state index in [4.69, 9.17) is 5.73 Å². The Hall–Kier alpha value is -2.84. The summed E-state index contributed by atoms with van der Waals surface area (Å²) in [5.74, 6) is 0.122. The van der Waals surface area contributed by atoms with Gasteiger partial charge in [0.1, 0.15) is 0 Å². The third-order valence-corrected chi connectivity index (χ3v) is 4.52. The number of carbonyl (C=O) groups excluding carboxylic acids is 1. The van der Waals surface area contributed by atoms with Crippen molar-refractivity contribution in [3.05, 3.63) is 64.4 Å². The second kappa shape index (κ2) is 8.03. The lowest BCUT2D eigenvalue weighted by Gasteiger charge is -2.16. The highest BCUT2D eigenvalue weighted by atomic mass is 32.1. The molecule has 0 saturated heterocycles. The number of nitrogens with two attached hydrogens (primary N) is 1. The Labute approximate surface area is 155 Å². The SMILES string of the molecule is Cc1cnc(NC(=O)c2ccc(CN(C)Cc3cnc(N)nc3)cc2)s1. The quantitative estimate of drug-likeness (QED) is 0.694. The largest absolute Gasteiger partial charge is 0.368 e. The topological polar surface area (TPSA) is 97.0 Å². The maximum Gasteiger partial charge on any atom is 0.257 e. The predicted molar refractivity (Wildman–Crippen MR) is 103 cm³/mol. The molecule has 0 aliphatic carbocycles. The minimum absolute atomic E-state index is 0.154. The third kappa shape index (κ3) is 4.84. The molecule has 0 spiro atoms. The zero-order valence-corrected chi connectivity index (χ0v) is 15.5. The van der Waals surface area contributed by atoms with Gasteiger partial charge in [0.05, 0.1) is 0 Å². The number of hydrogen-bond acceptors (Lipinski definition) is 7. The van der Waals surface area contributed by atoms with Gasteiger partial charge < -0.3 is 5.73 Å². The summed E-state index contributed by atoms with van der Waals surface area (Å²) in [5.41, 5.74) is 8.22. The fourth-order valence-corrected chi connectivity index (χ4v) is 3.13. The van der Waals surface area contributed by atoms with Crippen molar-refractivity contribution < 1.29 is 4.79 Å². The molecule has 1 amide bonds. The van der Waals surface area contributed by atoms with E-state index in [0.717, 1.165) is 22.5 Å². The summed E-state index contributed by atoms with van der Waals surface area (Å²) in [6.45, 7) is 3.42. The van der Waals surface area contributed by atoms with Gasteiger partial charge in [-0.3, -0.25) is 15.0 Å². The van der Waals surface area contributed by atoms with Crippen LogP contribution in [-0.2, 0) is 13.1 Å². The second-order valence-corrected chi connectivity index (χ2v) is 7.28. The fraction of sp³-hybridized carbons (Fsp3) is 0.222. The lowest BCUT2D eigenvalue weighted by Crippen LogP contribution is -2.18. The molecule has 0 fully saturated rings. The number of benzene rings is 1. The van der Waals surface area contributed by atoms with Crippen LogP contribution in [0.3, 0.4) is 0 Å². The Balaban J connectivity index is 1.56. The summed E-state index contributed by atoms with van der Waals surface area (Å²) in [6, 6.07) is 7.56. The Bertz CT molecular complexity index is 875. The number of nitrogens with one attached hydrogen (secondary N) is 1. The summed E-state index contributed by atoms with van der Waals surface area (Å²) >= 11 is 1.46. The van der Waals surface area contributed by atoms with Crippen molar-refractivity contribution in [2.24, 2.45) is 0 Å². The molecular formula is C18H20N6OS. The minimum atomic E-state index is -0.154. The lowest BCUT2D eigenvalue weighted by atomic mass is 10.1. The van der Waals surface area contributed by atoms with Crippen LogP contribution in [0, 0.1) is 6.92 Å². The summed E-state index contributed by atoms with van der Waals surface area (Å²) in [5, 5.41) is 3.42. The monoisotopic (exact) mass is 368 g/mol. The number of rotatable bonds is 6. The Morgan fingerprint density at radius 2 is 1.73 bits per heavy atom. The molecule has 26 heavy (non-hydrogen) atoms. The molecule has 0 aliphatic heterocycles. The first-order valence-electron chi connectivity index (χ1n) is 8.07. The summed E-state index contributed by atoms with van der Waals surface area (Å²) in [4.78, 5) is 27.6. The van der Waals surface area contributed by atoms with Crippen LogP contribution in [0.25, 0.3) is 0 Å². The molecule has 8 heteroatoms. The van der Waals surface area contributed by atoms with E-state index in [1.54, 1.807) is 18.6 Å². The summed E-state index contributed by atoms with van der Waals surface area (Å²) in [6.07, 6.45) is 5.20. The lowest BCUT2D eigenvalue weighted by molar-refractivity contribution is 0.102. The number of aryl methyl sites for hydroxylation is 1. The number of hydrogen-bond donors (Lipinski definition) is 2. The van der Waals surface area contributed by atoms with Crippen molar-refractivity contribution in [2.75, 3.05) is 18.1 Å². The van der Waals surface area contributed by atoms with Crippen LogP contribution in [-0.4, -0.2) is 32.8 Å². The predicted octanol–water partition coefficient (Wildman–Crippen LogP) is 2.71. The molecule has 3 N–H and O–H groups in total. The van der Waals surface area contributed by atoms with Gasteiger partial charge in [0.15, 0.2) is 5.13 Å². The molecule has 0 bridgehead atoms. The maximum absolute atomic E-state index is 12.2. The molecule has 0 radical (unpaired) electrons. The van der Waals surface area contributed by atoms with Crippen LogP contribution in [0.4, 0.5) is 11.1 Å². The van der Waals surface area contributed by atoms with E-state index in [1.807, 2.05) is 38.2 Å². The third-order valence-electron chi connectivity index (χ3n) is 3.69. The molecule has 2 aromatic heterocycles. The van der Waals surface area contributed by atoms with E-state index in [9.17, 15) is 4.79 Å². The first-order valence-corrected chi connectivity index (χ1v) is 8.89. The molecule has 1 aromatic carbocycles. The molecule has 0 saturated carbocycles. The van der Waals surface area contributed by atoms with E-state index in [-0.39, 0.29) is 11.9 Å². The van der Waals surface area contributed by atoms with Gasteiger partial charge in [-0.15, -0.1) is 11.3 Å². The normalized spacial score (nSPS) is 10.9. The molecular weight excluding hydrogens is 348 g/mol. The fourth-order valence-electron chi connectivity index (χ4n) is 2.47. The van der Waals surface area contributed by atoms with Gasteiger partial charge in [0, 0.05) is 47.7 Å². The molecule has 0 atom stereocenters. The number of thiazole rings is 1. The highest BCUT2D eigenvalue weighted by Gasteiger charge is 2.09. The smallest absolute Gasteiger partial charge is 0.257 e. The van der Waals surface area contributed by atoms with Gasteiger partial charge in [-0.25, -0.2) is 15.0 Å². The van der Waals surface area contributed by atoms with Crippen molar-refractivity contribution in [2.45, 2.75) is 20.0 Å². The van der Waals surface area contributed by atoms with Crippen molar-refractivity contribution in [1.29, 1.82) is 0 Å². The van der Waals surface area contributed by atoms with Crippen molar-refractivity contribution in [3.8, 4) is 0 Å². The number of aromatic nitrogens is 3. The van der Waals surface area contributed by atoms with Gasteiger partial charge in [0.2, 0.25) is 5.95 Å². The number of nitrogens with zero attached hydrogens (tertiary/aromatic N) is 4. The average Bonchev–Trinajstić information content (AvgIpc) is 3.02. The van der Waals surface area contributed by atoms with Crippen molar-refractivity contribution in [3.63, 3.8) is 0 Å². The van der Waals surface area contributed by atoms with Crippen molar-refractivity contribution in [1.82, 2.24) is 19.9 Å². The van der Waals surface area contributed by atoms with E-state index in [1.165, 1.54) is 11.3 Å². The molecule has 0 unspecified atom stereocenters. The molecule has 7 nitrogen and oxygen atoms in total. The summed E-state index contributed by atoms with van der Waals surface area (Å²) < 4.78 is 0. The van der Waals surface area contributed by atoms with E-state index >= 15 is 0 Å². The second-order valence-electron chi connectivity index (χ2n) is 6.05. The van der Waals surface area contributed by atoms with Gasteiger partial charge in [0.25, 0.3) is 5.91 Å². The highest BCUT2D eigenvalue weighted by molar-refractivity contribution is 7.15. The Morgan fingerprint density at radius 1 is 1.08 bits per heavy atom. The van der Waals surface area contributed by atoms with Crippen LogP contribution in [0.1, 0.15) is 26.4 Å².